The Morgan fingerprint density at radius 3 is 2.30 bits per heavy atom. The van der Waals surface area contributed by atoms with Gasteiger partial charge in [-0.15, -0.1) is 0 Å². The summed E-state index contributed by atoms with van der Waals surface area (Å²) >= 11 is 11.8. The molecule has 0 radical (unpaired) electrons. The fourth-order valence-corrected chi connectivity index (χ4v) is 4.98. The van der Waals surface area contributed by atoms with Crippen molar-refractivity contribution in [2.45, 2.75) is 11.3 Å². The first-order valence-electron chi connectivity index (χ1n) is 9.44. The Balaban J connectivity index is 1.45. The van der Waals surface area contributed by atoms with Crippen LogP contribution in [0.1, 0.15) is 5.56 Å². The third kappa shape index (κ3) is 5.92. The fourth-order valence-electron chi connectivity index (χ4n) is 3.17. The SMILES string of the molecule is O=C(CN1CCN(S(=O)(=O)c2ccc(Cl)c(Cl)c2)CC1)NCCc1ccc(F)cc1. The highest BCUT2D eigenvalue weighted by atomic mass is 35.5. The van der Waals surface area contributed by atoms with Crippen molar-refractivity contribution in [3.63, 3.8) is 0 Å². The molecule has 1 amide bonds. The number of piperazine rings is 1. The summed E-state index contributed by atoms with van der Waals surface area (Å²) in [5, 5.41) is 3.32. The van der Waals surface area contributed by atoms with Crippen molar-refractivity contribution in [1.29, 1.82) is 0 Å². The third-order valence-corrected chi connectivity index (χ3v) is 7.51. The van der Waals surface area contributed by atoms with Crippen LogP contribution < -0.4 is 5.32 Å². The van der Waals surface area contributed by atoms with E-state index in [4.69, 9.17) is 23.2 Å². The Kier molecular flexibility index (Phi) is 7.70. The molecule has 10 heteroatoms. The Morgan fingerprint density at radius 2 is 1.67 bits per heavy atom. The van der Waals surface area contributed by atoms with Crippen LogP contribution in [0.25, 0.3) is 0 Å². The van der Waals surface area contributed by atoms with Gasteiger partial charge in [0.15, 0.2) is 0 Å². The number of hydrogen-bond donors (Lipinski definition) is 1. The molecule has 0 spiro atoms. The number of hydrogen-bond acceptors (Lipinski definition) is 4. The Morgan fingerprint density at radius 1 is 1.00 bits per heavy atom. The van der Waals surface area contributed by atoms with E-state index in [1.807, 2.05) is 4.90 Å². The number of rotatable bonds is 7. The Hall–Kier alpha value is -1.71. The van der Waals surface area contributed by atoms with E-state index >= 15 is 0 Å². The number of benzene rings is 2. The van der Waals surface area contributed by atoms with Gasteiger partial charge < -0.3 is 5.32 Å². The van der Waals surface area contributed by atoms with Gasteiger partial charge in [-0.3, -0.25) is 9.69 Å². The second kappa shape index (κ2) is 10.1. The number of sulfonamides is 1. The molecule has 3 rings (SSSR count). The topological polar surface area (TPSA) is 69.7 Å². The highest BCUT2D eigenvalue weighted by Crippen LogP contribution is 2.27. The smallest absolute Gasteiger partial charge is 0.243 e. The number of amides is 1. The summed E-state index contributed by atoms with van der Waals surface area (Å²) in [4.78, 5) is 14.2. The maximum Gasteiger partial charge on any atom is 0.243 e. The van der Waals surface area contributed by atoms with E-state index in [1.54, 1.807) is 12.1 Å². The first-order valence-corrected chi connectivity index (χ1v) is 11.6. The van der Waals surface area contributed by atoms with Crippen LogP contribution in [0.2, 0.25) is 10.0 Å². The van der Waals surface area contributed by atoms with E-state index in [-0.39, 0.29) is 41.3 Å². The molecular formula is C20H22Cl2FN3O3S. The van der Waals surface area contributed by atoms with Crippen LogP contribution in [-0.2, 0) is 21.2 Å². The maximum absolute atomic E-state index is 12.9. The normalized spacial score (nSPS) is 15.8. The first kappa shape index (κ1) is 23.0. The molecule has 0 bridgehead atoms. The van der Waals surface area contributed by atoms with Crippen LogP contribution in [-0.4, -0.2) is 62.8 Å². The molecule has 0 saturated carbocycles. The molecule has 1 aliphatic rings. The van der Waals surface area contributed by atoms with Crippen LogP contribution in [0.5, 0.6) is 0 Å². The summed E-state index contributed by atoms with van der Waals surface area (Å²) in [6.07, 6.45) is 0.613. The second-order valence-corrected chi connectivity index (χ2v) is 9.73. The van der Waals surface area contributed by atoms with Gasteiger partial charge in [0.1, 0.15) is 5.82 Å². The van der Waals surface area contributed by atoms with Crippen LogP contribution >= 0.6 is 23.2 Å². The van der Waals surface area contributed by atoms with E-state index in [0.29, 0.717) is 31.1 Å². The van der Waals surface area contributed by atoms with Crippen molar-refractivity contribution in [3.05, 3.63) is 63.9 Å². The molecule has 0 aromatic heterocycles. The van der Waals surface area contributed by atoms with Gasteiger partial charge in [0.25, 0.3) is 0 Å². The molecule has 1 fully saturated rings. The van der Waals surface area contributed by atoms with Crippen molar-refractivity contribution in [2.24, 2.45) is 0 Å². The van der Waals surface area contributed by atoms with Crippen molar-refractivity contribution in [1.82, 2.24) is 14.5 Å². The lowest BCUT2D eigenvalue weighted by molar-refractivity contribution is -0.122. The molecule has 0 aliphatic carbocycles. The third-order valence-electron chi connectivity index (χ3n) is 4.88. The summed E-state index contributed by atoms with van der Waals surface area (Å²) in [6.45, 7) is 2.12. The first-order chi connectivity index (χ1) is 14.3. The zero-order valence-electron chi connectivity index (χ0n) is 16.2. The van der Waals surface area contributed by atoms with Crippen LogP contribution in [0.4, 0.5) is 4.39 Å². The monoisotopic (exact) mass is 473 g/mol. The number of nitrogens with zero attached hydrogens (tertiary/aromatic N) is 2. The van der Waals surface area contributed by atoms with Crippen molar-refractivity contribution >= 4 is 39.1 Å². The predicted octanol–water partition coefficient (Wildman–Crippen LogP) is 2.80. The molecule has 1 heterocycles. The number of carbonyl (C=O) groups is 1. The van der Waals surface area contributed by atoms with Gasteiger partial charge in [-0.25, -0.2) is 12.8 Å². The van der Waals surface area contributed by atoms with Gasteiger partial charge in [0.05, 0.1) is 21.5 Å². The molecule has 0 unspecified atom stereocenters. The lowest BCUT2D eigenvalue weighted by atomic mass is 10.1. The highest BCUT2D eigenvalue weighted by Gasteiger charge is 2.29. The average Bonchev–Trinajstić information content (AvgIpc) is 2.72. The minimum atomic E-state index is -3.66. The molecule has 30 heavy (non-hydrogen) atoms. The predicted molar refractivity (Wildman–Crippen MR) is 115 cm³/mol. The van der Waals surface area contributed by atoms with E-state index in [1.165, 1.54) is 34.6 Å². The Bertz CT molecular complexity index is 995. The van der Waals surface area contributed by atoms with Crippen molar-refractivity contribution in [3.8, 4) is 0 Å². The minimum absolute atomic E-state index is 0.101. The molecule has 2 aromatic rings. The summed E-state index contributed by atoms with van der Waals surface area (Å²) < 4.78 is 39.8. The van der Waals surface area contributed by atoms with E-state index in [9.17, 15) is 17.6 Å². The Labute approximate surface area is 185 Å². The average molecular weight is 474 g/mol. The van der Waals surface area contributed by atoms with Crippen LogP contribution in [0.15, 0.2) is 47.4 Å². The lowest BCUT2D eigenvalue weighted by Gasteiger charge is -2.33. The largest absolute Gasteiger partial charge is 0.355 e. The van der Waals surface area contributed by atoms with Crippen LogP contribution in [0, 0.1) is 5.82 Å². The summed E-state index contributed by atoms with van der Waals surface area (Å²) in [6, 6.07) is 10.4. The summed E-state index contributed by atoms with van der Waals surface area (Å²) in [7, 11) is -3.66. The molecule has 2 aromatic carbocycles. The van der Waals surface area contributed by atoms with Crippen LogP contribution in [0.3, 0.4) is 0 Å². The van der Waals surface area contributed by atoms with Gasteiger partial charge in [0, 0.05) is 32.7 Å². The number of carbonyl (C=O) groups excluding carboxylic acids is 1. The van der Waals surface area contributed by atoms with Gasteiger partial charge >= 0.3 is 0 Å². The zero-order valence-corrected chi connectivity index (χ0v) is 18.5. The van der Waals surface area contributed by atoms with E-state index in [2.05, 4.69) is 5.32 Å². The molecule has 0 atom stereocenters. The van der Waals surface area contributed by atoms with Crippen molar-refractivity contribution < 1.29 is 17.6 Å². The molecule has 1 aliphatic heterocycles. The number of nitrogens with one attached hydrogen (secondary N) is 1. The summed E-state index contributed by atoms with van der Waals surface area (Å²) in [5.41, 5.74) is 0.942. The van der Waals surface area contributed by atoms with Gasteiger partial charge in [-0.1, -0.05) is 35.3 Å². The van der Waals surface area contributed by atoms with E-state index in [0.717, 1.165) is 5.56 Å². The summed E-state index contributed by atoms with van der Waals surface area (Å²) in [5.74, 6) is -0.416. The van der Waals surface area contributed by atoms with Crippen molar-refractivity contribution in [2.75, 3.05) is 39.3 Å². The van der Waals surface area contributed by atoms with Gasteiger partial charge in [-0.2, -0.15) is 4.31 Å². The molecular weight excluding hydrogens is 452 g/mol. The van der Waals surface area contributed by atoms with Gasteiger partial charge in [0.2, 0.25) is 15.9 Å². The maximum atomic E-state index is 12.9. The zero-order chi connectivity index (χ0) is 21.7. The fraction of sp³-hybridized carbons (Fsp3) is 0.350. The standard InChI is InChI=1S/C20H22Cl2FN3O3S/c21-18-6-5-17(13-19(18)22)30(28,29)26-11-9-25(10-12-26)14-20(27)24-8-7-15-1-3-16(23)4-2-15/h1-6,13H,7-12,14H2,(H,24,27). The second-order valence-electron chi connectivity index (χ2n) is 6.98. The quantitative estimate of drug-likeness (QED) is 0.670. The molecule has 162 valence electrons. The minimum Gasteiger partial charge on any atom is -0.355 e. The molecule has 1 saturated heterocycles. The van der Waals surface area contributed by atoms with Gasteiger partial charge in [-0.05, 0) is 42.3 Å². The molecule has 1 N–H and O–H groups in total. The lowest BCUT2D eigenvalue weighted by Crippen LogP contribution is -2.51. The number of halogens is 3. The van der Waals surface area contributed by atoms with E-state index < -0.39 is 10.0 Å². The molecule has 6 nitrogen and oxygen atoms in total. The highest BCUT2D eigenvalue weighted by molar-refractivity contribution is 7.89.